The average Bonchev–Trinajstić information content (AvgIpc) is 2.39. The highest BCUT2D eigenvalue weighted by molar-refractivity contribution is 5.69. The van der Waals surface area contributed by atoms with Crippen LogP contribution in [0, 0.1) is 23.2 Å². The van der Waals surface area contributed by atoms with Crippen molar-refractivity contribution < 1.29 is 0 Å². The number of hydrogen-bond donors (Lipinski definition) is 1. The van der Waals surface area contributed by atoms with E-state index in [-0.39, 0.29) is 0 Å². The van der Waals surface area contributed by atoms with Crippen LogP contribution in [0.3, 0.4) is 0 Å². The van der Waals surface area contributed by atoms with E-state index >= 15 is 0 Å². The summed E-state index contributed by atoms with van der Waals surface area (Å²) in [6.45, 7) is 11.0. The highest BCUT2D eigenvalue weighted by Crippen LogP contribution is 2.25. The van der Waals surface area contributed by atoms with Crippen LogP contribution in [-0.4, -0.2) is 13.1 Å². The third-order valence-corrected chi connectivity index (χ3v) is 3.45. The summed E-state index contributed by atoms with van der Waals surface area (Å²) >= 11 is 0. The molecule has 3 nitrogen and oxygen atoms in total. The lowest BCUT2D eigenvalue weighted by Crippen LogP contribution is -2.28. The molecule has 0 unspecified atom stereocenters. The van der Waals surface area contributed by atoms with Crippen LogP contribution in [0.15, 0.2) is 18.2 Å². The zero-order chi connectivity index (χ0) is 15.1. The van der Waals surface area contributed by atoms with E-state index in [1.807, 2.05) is 12.1 Å². The Balaban J connectivity index is 2.88. The summed E-state index contributed by atoms with van der Waals surface area (Å²) in [4.78, 5) is 2.36. The second-order valence-electron chi connectivity index (χ2n) is 6.24. The molecule has 1 rings (SSSR count). The third-order valence-electron chi connectivity index (χ3n) is 3.45. The van der Waals surface area contributed by atoms with E-state index < -0.39 is 0 Å². The van der Waals surface area contributed by atoms with Crippen LogP contribution in [-0.2, 0) is 0 Å². The molecule has 0 aliphatic carbocycles. The van der Waals surface area contributed by atoms with Crippen LogP contribution in [0.1, 0.15) is 46.1 Å². The van der Waals surface area contributed by atoms with Crippen molar-refractivity contribution in [1.82, 2.24) is 0 Å². The molecule has 2 N–H and O–H groups in total. The van der Waals surface area contributed by atoms with Crippen molar-refractivity contribution in [3.05, 3.63) is 23.8 Å². The van der Waals surface area contributed by atoms with E-state index in [0.29, 0.717) is 23.1 Å². The molecule has 0 radical (unpaired) electrons. The topological polar surface area (TPSA) is 53.0 Å². The largest absolute Gasteiger partial charge is 0.397 e. The van der Waals surface area contributed by atoms with E-state index in [4.69, 9.17) is 11.0 Å². The van der Waals surface area contributed by atoms with E-state index in [9.17, 15) is 0 Å². The molecule has 1 aromatic carbocycles. The first-order chi connectivity index (χ1) is 9.43. The summed E-state index contributed by atoms with van der Waals surface area (Å²) in [7, 11) is 0. The number of rotatable bonds is 7. The maximum Gasteiger partial charge on any atom is 0.0992 e. The van der Waals surface area contributed by atoms with Crippen molar-refractivity contribution in [3.63, 3.8) is 0 Å². The molecular formula is C17H27N3. The minimum Gasteiger partial charge on any atom is -0.397 e. The summed E-state index contributed by atoms with van der Waals surface area (Å²) in [6.07, 6.45) is 2.30. The maximum atomic E-state index is 8.92. The second-order valence-corrected chi connectivity index (χ2v) is 6.24. The van der Waals surface area contributed by atoms with E-state index in [1.54, 1.807) is 6.07 Å². The molecule has 0 aromatic heterocycles. The van der Waals surface area contributed by atoms with Gasteiger partial charge < -0.3 is 10.6 Å². The molecule has 110 valence electrons. The Morgan fingerprint density at radius 2 is 1.65 bits per heavy atom. The van der Waals surface area contributed by atoms with Gasteiger partial charge in [-0.2, -0.15) is 5.26 Å². The normalized spacial score (nSPS) is 10.8. The number of nitrogen functional groups attached to an aromatic ring is 1. The van der Waals surface area contributed by atoms with Crippen LogP contribution in [0.4, 0.5) is 11.4 Å². The Labute approximate surface area is 123 Å². The minimum atomic E-state index is 0.624. The monoisotopic (exact) mass is 273 g/mol. The van der Waals surface area contributed by atoms with Crippen LogP contribution in [0.25, 0.3) is 0 Å². The van der Waals surface area contributed by atoms with Gasteiger partial charge in [-0.15, -0.1) is 0 Å². The van der Waals surface area contributed by atoms with E-state index in [0.717, 1.165) is 31.6 Å². The fourth-order valence-corrected chi connectivity index (χ4v) is 2.09. The molecule has 0 heterocycles. The predicted molar refractivity (Wildman–Crippen MR) is 86.7 cm³/mol. The van der Waals surface area contributed by atoms with Gasteiger partial charge >= 0.3 is 0 Å². The molecule has 0 aliphatic rings. The van der Waals surface area contributed by atoms with Crippen LogP contribution >= 0.6 is 0 Å². The number of nitrogens with two attached hydrogens (primary N) is 1. The van der Waals surface area contributed by atoms with Gasteiger partial charge in [0.2, 0.25) is 0 Å². The lowest BCUT2D eigenvalue weighted by Gasteiger charge is -2.28. The lowest BCUT2D eigenvalue weighted by molar-refractivity contribution is 0.535. The fraction of sp³-hybridized carbons (Fsp3) is 0.588. The van der Waals surface area contributed by atoms with Crippen molar-refractivity contribution in [2.45, 2.75) is 40.5 Å². The summed E-state index contributed by atoms with van der Waals surface area (Å²) in [5.41, 5.74) is 8.51. The molecule has 0 spiro atoms. The molecule has 0 bridgehead atoms. The molecular weight excluding hydrogens is 246 g/mol. The first-order valence-corrected chi connectivity index (χ1v) is 7.48. The summed E-state index contributed by atoms with van der Waals surface area (Å²) in [6, 6.07) is 7.74. The highest BCUT2D eigenvalue weighted by atomic mass is 15.1. The Bertz CT molecular complexity index is 446. The molecule has 20 heavy (non-hydrogen) atoms. The molecule has 1 aromatic rings. The van der Waals surface area contributed by atoms with Gasteiger partial charge in [0.15, 0.2) is 0 Å². The SMILES string of the molecule is CC(C)CCN(CCC(C)C)c1ccc(C#N)cc1N. The van der Waals surface area contributed by atoms with Gasteiger partial charge in [0.1, 0.15) is 0 Å². The third kappa shape index (κ3) is 5.13. The highest BCUT2D eigenvalue weighted by Gasteiger charge is 2.12. The van der Waals surface area contributed by atoms with Gasteiger partial charge in [0.25, 0.3) is 0 Å². The first kappa shape index (κ1) is 16.4. The zero-order valence-electron chi connectivity index (χ0n) is 13.2. The molecule has 0 atom stereocenters. The van der Waals surface area contributed by atoms with Gasteiger partial charge in [-0.25, -0.2) is 0 Å². The first-order valence-electron chi connectivity index (χ1n) is 7.48. The molecule has 0 saturated carbocycles. The standard InChI is InChI=1S/C17H27N3/c1-13(2)7-9-20(10-8-14(3)4)17-6-5-15(12-18)11-16(17)19/h5-6,11,13-14H,7-10,19H2,1-4H3. The Hall–Kier alpha value is -1.69. The summed E-state index contributed by atoms with van der Waals surface area (Å²) in [5, 5.41) is 8.92. The molecule has 3 heteroatoms. The lowest BCUT2D eigenvalue weighted by atomic mass is 10.1. The molecule has 0 amide bonds. The summed E-state index contributed by atoms with van der Waals surface area (Å²) in [5.74, 6) is 1.35. The van der Waals surface area contributed by atoms with Crippen LogP contribution < -0.4 is 10.6 Å². The molecule has 0 aliphatic heterocycles. The smallest absolute Gasteiger partial charge is 0.0992 e. The van der Waals surface area contributed by atoms with Crippen LogP contribution in [0.5, 0.6) is 0 Å². The number of anilines is 2. The Morgan fingerprint density at radius 1 is 1.10 bits per heavy atom. The number of hydrogen-bond acceptors (Lipinski definition) is 3. The van der Waals surface area contributed by atoms with Crippen molar-refractivity contribution in [2.75, 3.05) is 23.7 Å². The Kier molecular flexibility index (Phi) is 6.38. The Morgan fingerprint density at radius 3 is 2.05 bits per heavy atom. The number of nitriles is 1. The fourth-order valence-electron chi connectivity index (χ4n) is 2.09. The van der Waals surface area contributed by atoms with E-state index in [2.05, 4.69) is 38.7 Å². The maximum absolute atomic E-state index is 8.92. The summed E-state index contributed by atoms with van der Waals surface area (Å²) < 4.78 is 0. The number of benzene rings is 1. The van der Waals surface area contributed by atoms with Crippen molar-refractivity contribution in [1.29, 1.82) is 5.26 Å². The van der Waals surface area contributed by atoms with Crippen molar-refractivity contribution in [3.8, 4) is 6.07 Å². The van der Waals surface area contributed by atoms with Gasteiger partial charge in [0, 0.05) is 13.1 Å². The quantitative estimate of drug-likeness (QED) is 0.763. The van der Waals surface area contributed by atoms with Gasteiger partial charge in [-0.05, 0) is 42.9 Å². The number of nitrogens with zero attached hydrogens (tertiary/aromatic N) is 2. The predicted octanol–water partition coefficient (Wildman–Crippen LogP) is 4.04. The van der Waals surface area contributed by atoms with E-state index in [1.165, 1.54) is 0 Å². The average molecular weight is 273 g/mol. The van der Waals surface area contributed by atoms with Crippen LogP contribution in [0.2, 0.25) is 0 Å². The zero-order valence-corrected chi connectivity index (χ0v) is 13.2. The van der Waals surface area contributed by atoms with Gasteiger partial charge in [0.05, 0.1) is 23.0 Å². The molecule has 0 fully saturated rings. The second kappa shape index (κ2) is 7.79. The van der Waals surface area contributed by atoms with Crippen molar-refractivity contribution in [2.24, 2.45) is 11.8 Å². The van der Waals surface area contributed by atoms with Gasteiger partial charge in [-0.3, -0.25) is 0 Å². The van der Waals surface area contributed by atoms with Crippen molar-refractivity contribution >= 4 is 11.4 Å². The minimum absolute atomic E-state index is 0.624. The van der Waals surface area contributed by atoms with Gasteiger partial charge in [-0.1, -0.05) is 27.7 Å². The molecule has 0 saturated heterocycles.